The van der Waals surface area contributed by atoms with Crippen molar-refractivity contribution in [3.05, 3.63) is 42.2 Å². The minimum absolute atomic E-state index is 0.0940. The third-order valence-electron chi connectivity index (χ3n) is 3.28. The maximum atomic E-state index is 12.2. The number of likely N-dealkylation sites (N-methyl/N-ethyl adjacent to an activating group) is 1. The van der Waals surface area contributed by atoms with Crippen molar-refractivity contribution < 1.29 is 9.59 Å². The number of hydrogen-bond donors (Lipinski definition) is 3. The van der Waals surface area contributed by atoms with Gasteiger partial charge in [0.15, 0.2) is 0 Å². The van der Waals surface area contributed by atoms with Crippen LogP contribution in [0.15, 0.2) is 36.7 Å². The van der Waals surface area contributed by atoms with Gasteiger partial charge in [0.1, 0.15) is 6.54 Å². The van der Waals surface area contributed by atoms with Crippen LogP contribution in [0.2, 0.25) is 0 Å². The Bertz CT molecular complexity index is 710. The lowest BCUT2D eigenvalue weighted by molar-refractivity contribution is -0.121. The van der Waals surface area contributed by atoms with Gasteiger partial charge in [-0.2, -0.15) is 5.10 Å². The molecule has 0 atom stereocenters. The lowest BCUT2D eigenvalue weighted by atomic mass is 10.1. The van der Waals surface area contributed by atoms with E-state index in [0.29, 0.717) is 23.5 Å². The van der Waals surface area contributed by atoms with Gasteiger partial charge in [0.25, 0.3) is 5.91 Å². The SMILES string of the molecule is CN(C)CCNC(=O)Cn1cc(NC(=O)c2ccccc2N)cn1. The number of nitrogens with one attached hydrogen (secondary N) is 2. The second kappa shape index (κ2) is 8.11. The fourth-order valence-electron chi connectivity index (χ4n) is 2.04. The largest absolute Gasteiger partial charge is 0.398 e. The van der Waals surface area contributed by atoms with Crippen molar-refractivity contribution in [2.45, 2.75) is 6.54 Å². The molecule has 0 saturated carbocycles. The summed E-state index contributed by atoms with van der Waals surface area (Å²) in [5, 5.41) is 9.58. The summed E-state index contributed by atoms with van der Waals surface area (Å²) in [5.41, 5.74) is 7.08. The van der Waals surface area contributed by atoms with Crippen molar-refractivity contribution in [3.8, 4) is 0 Å². The Kier molecular flexibility index (Phi) is 5.91. The fraction of sp³-hybridized carbons (Fsp3) is 0.312. The van der Waals surface area contributed by atoms with Gasteiger partial charge in [0.05, 0.1) is 17.4 Å². The number of benzene rings is 1. The Morgan fingerprint density at radius 3 is 2.75 bits per heavy atom. The molecule has 8 nitrogen and oxygen atoms in total. The number of nitrogens with two attached hydrogens (primary N) is 1. The number of anilines is 2. The van der Waals surface area contributed by atoms with Crippen LogP contribution < -0.4 is 16.4 Å². The molecular weight excluding hydrogens is 308 g/mol. The summed E-state index contributed by atoms with van der Waals surface area (Å²) in [6.07, 6.45) is 3.09. The summed E-state index contributed by atoms with van der Waals surface area (Å²) >= 11 is 0. The van der Waals surface area contributed by atoms with E-state index in [1.54, 1.807) is 30.5 Å². The van der Waals surface area contributed by atoms with Crippen LogP contribution in [-0.4, -0.2) is 53.7 Å². The van der Waals surface area contributed by atoms with Gasteiger partial charge in [-0.1, -0.05) is 12.1 Å². The number of nitrogens with zero attached hydrogens (tertiary/aromatic N) is 3. The predicted octanol–water partition coefficient (Wildman–Crippen LogP) is 0.395. The van der Waals surface area contributed by atoms with E-state index >= 15 is 0 Å². The average molecular weight is 330 g/mol. The zero-order valence-electron chi connectivity index (χ0n) is 13.8. The van der Waals surface area contributed by atoms with Gasteiger partial charge < -0.3 is 21.3 Å². The second-order valence-corrected chi connectivity index (χ2v) is 5.62. The Balaban J connectivity index is 1.88. The standard InChI is InChI=1S/C16H22N6O2/c1-21(2)8-7-18-15(23)11-22-10-12(9-19-22)20-16(24)13-5-3-4-6-14(13)17/h3-6,9-10H,7-8,11,17H2,1-2H3,(H,18,23)(H,20,24). The lowest BCUT2D eigenvalue weighted by Gasteiger charge is -2.10. The molecular formula is C16H22N6O2. The number of nitrogen functional groups attached to an aromatic ring is 1. The summed E-state index contributed by atoms with van der Waals surface area (Å²) in [6.45, 7) is 1.44. The first-order valence-electron chi connectivity index (χ1n) is 7.55. The van der Waals surface area contributed by atoms with Crippen molar-refractivity contribution in [1.82, 2.24) is 20.0 Å². The number of aromatic nitrogens is 2. The van der Waals surface area contributed by atoms with Gasteiger partial charge in [-0.15, -0.1) is 0 Å². The first-order valence-corrected chi connectivity index (χ1v) is 7.55. The highest BCUT2D eigenvalue weighted by Gasteiger charge is 2.11. The molecule has 1 aromatic carbocycles. The molecule has 0 saturated heterocycles. The Morgan fingerprint density at radius 1 is 1.29 bits per heavy atom. The Labute approximate surface area is 140 Å². The summed E-state index contributed by atoms with van der Waals surface area (Å²) in [6, 6.07) is 6.81. The van der Waals surface area contributed by atoms with Crippen LogP contribution in [0.3, 0.4) is 0 Å². The highest BCUT2D eigenvalue weighted by atomic mass is 16.2. The van der Waals surface area contributed by atoms with Crippen LogP contribution in [-0.2, 0) is 11.3 Å². The molecule has 2 rings (SSSR count). The Morgan fingerprint density at radius 2 is 2.04 bits per heavy atom. The number of carbonyl (C=O) groups excluding carboxylic acids is 2. The molecule has 4 N–H and O–H groups in total. The minimum atomic E-state index is -0.317. The van der Waals surface area contributed by atoms with Crippen LogP contribution in [0.1, 0.15) is 10.4 Å². The van der Waals surface area contributed by atoms with E-state index in [9.17, 15) is 9.59 Å². The predicted molar refractivity (Wildman–Crippen MR) is 92.6 cm³/mol. The minimum Gasteiger partial charge on any atom is -0.398 e. The van der Waals surface area contributed by atoms with Crippen LogP contribution >= 0.6 is 0 Å². The van der Waals surface area contributed by atoms with Crippen molar-refractivity contribution in [2.75, 3.05) is 38.2 Å². The number of para-hydroxylation sites is 1. The topological polar surface area (TPSA) is 105 Å². The molecule has 0 radical (unpaired) electrons. The van der Waals surface area contributed by atoms with Crippen LogP contribution in [0, 0.1) is 0 Å². The van der Waals surface area contributed by atoms with Gasteiger partial charge in [0, 0.05) is 25.0 Å². The highest BCUT2D eigenvalue weighted by molar-refractivity contribution is 6.07. The van der Waals surface area contributed by atoms with Crippen molar-refractivity contribution >= 4 is 23.2 Å². The smallest absolute Gasteiger partial charge is 0.257 e. The first kappa shape index (κ1) is 17.5. The van der Waals surface area contributed by atoms with Gasteiger partial charge in [-0.05, 0) is 26.2 Å². The molecule has 128 valence electrons. The second-order valence-electron chi connectivity index (χ2n) is 5.62. The molecule has 2 aromatic rings. The molecule has 0 aliphatic carbocycles. The molecule has 1 heterocycles. The quantitative estimate of drug-likeness (QED) is 0.637. The molecule has 0 fully saturated rings. The van der Waals surface area contributed by atoms with E-state index in [1.165, 1.54) is 10.9 Å². The molecule has 2 amide bonds. The van der Waals surface area contributed by atoms with Gasteiger partial charge in [0.2, 0.25) is 5.91 Å². The summed E-state index contributed by atoms with van der Waals surface area (Å²) in [7, 11) is 3.88. The van der Waals surface area contributed by atoms with E-state index < -0.39 is 0 Å². The normalized spacial score (nSPS) is 10.6. The Hall–Kier alpha value is -2.87. The summed E-state index contributed by atoms with van der Waals surface area (Å²) in [4.78, 5) is 25.9. The van der Waals surface area contributed by atoms with E-state index in [1.807, 2.05) is 19.0 Å². The van der Waals surface area contributed by atoms with Gasteiger partial charge >= 0.3 is 0 Å². The summed E-state index contributed by atoms with van der Waals surface area (Å²) < 4.78 is 1.47. The molecule has 0 unspecified atom stereocenters. The van der Waals surface area contributed by atoms with Crippen LogP contribution in [0.25, 0.3) is 0 Å². The molecule has 0 aliphatic rings. The van der Waals surface area contributed by atoms with Crippen LogP contribution in [0.5, 0.6) is 0 Å². The zero-order valence-corrected chi connectivity index (χ0v) is 13.8. The van der Waals surface area contributed by atoms with Crippen molar-refractivity contribution in [3.63, 3.8) is 0 Å². The molecule has 8 heteroatoms. The zero-order chi connectivity index (χ0) is 17.5. The average Bonchev–Trinajstić information content (AvgIpc) is 2.94. The number of amides is 2. The maximum Gasteiger partial charge on any atom is 0.257 e. The number of hydrogen-bond acceptors (Lipinski definition) is 5. The van der Waals surface area contributed by atoms with E-state index in [-0.39, 0.29) is 18.4 Å². The van der Waals surface area contributed by atoms with Gasteiger partial charge in [-0.3, -0.25) is 14.3 Å². The molecule has 0 aliphatic heterocycles. The lowest BCUT2D eigenvalue weighted by Crippen LogP contribution is -2.33. The highest BCUT2D eigenvalue weighted by Crippen LogP contribution is 2.13. The summed E-state index contributed by atoms with van der Waals surface area (Å²) in [5.74, 6) is -0.451. The third kappa shape index (κ3) is 5.10. The van der Waals surface area contributed by atoms with E-state index in [2.05, 4.69) is 15.7 Å². The van der Waals surface area contributed by atoms with Crippen LogP contribution in [0.4, 0.5) is 11.4 Å². The maximum absolute atomic E-state index is 12.2. The third-order valence-corrected chi connectivity index (χ3v) is 3.28. The molecule has 24 heavy (non-hydrogen) atoms. The van der Waals surface area contributed by atoms with Crippen molar-refractivity contribution in [1.29, 1.82) is 0 Å². The number of rotatable bonds is 7. The first-order chi connectivity index (χ1) is 11.5. The molecule has 1 aromatic heterocycles. The number of carbonyl (C=O) groups is 2. The molecule has 0 spiro atoms. The van der Waals surface area contributed by atoms with Crippen molar-refractivity contribution in [2.24, 2.45) is 0 Å². The monoisotopic (exact) mass is 330 g/mol. The van der Waals surface area contributed by atoms with Gasteiger partial charge in [-0.25, -0.2) is 0 Å². The van der Waals surface area contributed by atoms with E-state index in [0.717, 1.165) is 6.54 Å². The fourth-order valence-corrected chi connectivity index (χ4v) is 2.04. The molecule has 0 bridgehead atoms. The van der Waals surface area contributed by atoms with E-state index in [4.69, 9.17) is 5.73 Å².